The summed E-state index contributed by atoms with van der Waals surface area (Å²) in [6.07, 6.45) is 0.344. The Kier molecular flexibility index (Phi) is 2.41. The van der Waals surface area contributed by atoms with Crippen molar-refractivity contribution in [2.45, 2.75) is 13.3 Å². The molecule has 78 valence electrons. The Bertz CT molecular complexity index is 438. The summed E-state index contributed by atoms with van der Waals surface area (Å²) in [6.45, 7) is 1.85. The van der Waals surface area contributed by atoms with Gasteiger partial charge in [-0.05, 0) is 19.1 Å². The minimum Gasteiger partial charge on any atom is -0.497 e. The van der Waals surface area contributed by atoms with Crippen LogP contribution < -0.4 is 10.1 Å². The highest BCUT2D eigenvalue weighted by Crippen LogP contribution is 2.31. The molecule has 1 aliphatic heterocycles. The molecule has 0 fully saturated rings. The van der Waals surface area contributed by atoms with Gasteiger partial charge in [0.2, 0.25) is 5.91 Å². The molecule has 1 amide bonds. The van der Waals surface area contributed by atoms with Crippen LogP contribution in [-0.4, -0.2) is 18.7 Å². The fourth-order valence-electron chi connectivity index (χ4n) is 1.51. The first-order valence-electron chi connectivity index (χ1n) is 4.71. The largest absolute Gasteiger partial charge is 0.497 e. The van der Waals surface area contributed by atoms with Gasteiger partial charge in [0.25, 0.3) is 0 Å². The van der Waals surface area contributed by atoms with Crippen molar-refractivity contribution in [3.63, 3.8) is 0 Å². The third-order valence-electron chi connectivity index (χ3n) is 2.21. The third-order valence-corrected chi connectivity index (χ3v) is 2.21. The number of ether oxygens (including phenoxy) is 1. The van der Waals surface area contributed by atoms with Gasteiger partial charge in [-0.25, -0.2) is 0 Å². The van der Waals surface area contributed by atoms with E-state index in [1.54, 1.807) is 13.2 Å². The normalized spacial score (nSPS) is 14.8. The summed E-state index contributed by atoms with van der Waals surface area (Å²) in [4.78, 5) is 15.8. The van der Waals surface area contributed by atoms with Gasteiger partial charge >= 0.3 is 0 Å². The quantitative estimate of drug-likeness (QED) is 0.761. The van der Waals surface area contributed by atoms with Crippen LogP contribution in [0, 0.1) is 0 Å². The Morgan fingerprint density at radius 2 is 2.27 bits per heavy atom. The second kappa shape index (κ2) is 3.73. The molecule has 1 aromatic carbocycles. The lowest BCUT2D eigenvalue weighted by molar-refractivity contribution is -0.115. The average Bonchev–Trinajstić information content (AvgIpc) is 2.33. The van der Waals surface area contributed by atoms with Gasteiger partial charge in [-0.3, -0.25) is 9.79 Å². The highest BCUT2D eigenvalue weighted by Gasteiger charge is 2.13. The molecule has 0 atom stereocenters. The van der Waals surface area contributed by atoms with E-state index in [1.807, 2.05) is 19.1 Å². The molecule has 0 aromatic heterocycles. The Morgan fingerprint density at radius 3 is 3.00 bits per heavy atom. The lowest BCUT2D eigenvalue weighted by Crippen LogP contribution is -2.12. The maximum absolute atomic E-state index is 11.4. The third kappa shape index (κ3) is 1.98. The molecular weight excluding hydrogens is 192 g/mol. The number of carbonyl (C=O) groups excluding carboxylic acids is 1. The van der Waals surface area contributed by atoms with Crippen LogP contribution in [0.4, 0.5) is 11.4 Å². The summed E-state index contributed by atoms with van der Waals surface area (Å²) in [5.74, 6) is 0.673. The van der Waals surface area contributed by atoms with Gasteiger partial charge < -0.3 is 10.1 Å². The van der Waals surface area contributed by atoms with Crippen molar-refractivity contribution in [2.24, 2.45) is 4.99 Å². The summed E-state index contributed by atoms with van der Waals surface area (Å²) in [7, 11) is 1.59. The number of hydrogen-bond acceptors (Lipinski definition) is 3. The fourth-order valence-corrected chi connectivity index (χ4v) is 1.51. The second-order valence-corrected chi connectivity index (χ2v) is 3.46. The first-order valence-corrected chi connectivity index (χ1v) is 4.71. The summed E-state index contributed by atoms with van der Waals surface area (Å²) >= 11 is 0. The predicted molar refractivity (Wildman–Crippen MR) is 59.0 cm³/mol. The fraction of sp³-hybridized carbons (Fsp3) is 0.273. The van der Waals surface area contributed by atoms with E-state index in [9.17, 15) is 4.79 Å². The number of carbonyl (C=O) groups is 1. The number of aliphatic imine (C=N–C) groups is 1. The minimum atomic E-state index is -0.0387. The number of benzene rings is 1. The Labute approximate surface area is 88.0 Å². The zero-order chi connectivity index (χ0) is 10.8. The number of methoxy groups -OCH3 is 1. The number of hydrogen-bond donors (Lipinski definition) is 1. The lowest BCUT2D eigenvalue weighted by atomic mass is 10.2. The highest BCUT2D eigenvalue weighted by molar-refractivity contribution is 6.09. The van der Waals surface area contributed by atoms with Crippen molar-refractivity contribution in [3.05, 3.63) is 18.2 Å². The maximum atomic E-state index is 11.4. The number of nitrogens with one attached hydrogen (secondary N) is 1. The molecule has 0 spiro atoms. The zero-order valence-electron chi connectivity index (χ0n) is 8.70. The summed E-state index contributed by atoms with van der Waals surface area (Å²) < 4.78 is 5.08. The Balaban J connectivity index is 2.48. The minimum absolute atomic E-state index is 0.0387. The number of rotatable bonds is 1. The molecule has 0 saturated heterocycles. The predicted octanol–water partition coefficient (Wildman–Crippen LogP) is 2.13. The number of fused-ring (bicyclic) bond motifs is 1. The van der Waals surface area contributed by atoms with E-state index in [0.29, 0.717) is 17.9 Å². The number of amides is 1. The van der Waals surface area contributed by atoms with E-state index in [-0.39, 0.29) is 5.91 Å². The van der Waals surface area contributed by atoms with Crippen LogP contribution in [0.15, 0.2) is 23.2 Å². The standard InChI is InChI=1S/C11H12N2O2/c1-7-5-11(14)13-10-6-8(15-2)3-4-9(10)12-7/h3-4,6H,5H2,1-2H3,(H,13,14). The molecule has 1 heterocycles. The van der Waals surface area contributed by atoms with Gasteiger partial charge in [-0.2, -0.15) is 0 Å². The smallest absolute Gasteiger partial charge is 0.230 e. The van der Waals surface area contributed by atoms with Crippen molar-refractivity contribution >= 4 is 23.0 Å². The van der Waals surface area contributed by atoms with Crippen molar-refractivity contribution in [2.75, 3.05) is 12.4 Å². The van der Waals surface area contributed by atoms with Gasteiger partial charge in [0.05, 0.1) is 24.9 Å². The van der Waals surface area contributed by atoms with Crippen LogP contribution in [-0.2, 0) is 4.79 Å². The van der Waals surface area contributed by atoms with Crippen LogP contribution in [0.3, 0.4) is 0 Å². The summed E-state index contributed by atoms with van der Waals surface area (Å²) in [5, 5.41) is 2.79. The molecule has 4 heteroatoms. The molecule has 4 nitrogen and oxygen atoms in total. The monoisotopic (exact) mass is 204 g/mol. The van der Waals surface area contributed by atoms with Crippen LogP contribution in [0.1, 0.15) is 13.3 Å². The van der Waals surface area contributed by atoms with Crippen LogP contribution in [0.5, 0.6) is 5.75 Å². The molecule has 1 aromatic rings. The van der Waals surface area contributed by atoms with Crippen molar-refractivity contribution in [3.8, 4) is 5.75 Å². The van der Waals surface area contributed by atoms with Gasteiger partial charge in [0.1, 0.15) is 5.75 Å². The van der Waals surface area contributed by atoms with Crippen molar-refractivity contribution < 1.29 is 9.53 Å². The van der Waals surface area contributed by atoms with E-state index < -0.39 is 0 Å². The summed E-state index contributed by atoms with van der Waals surface area (Å²) in [5.41, 5.74) is 2.30. The molecule has 0 unspecified atom stereocenters. The van der Waals surface area contributed by atoms with Crippen LogP contribution in [0.25, 0.3) is 0 Å². The van der Waals surface area contributed by atoms with Gasteiger partial charge in [-0.15, -0.1) is 0 Å². The maximum Gasteiger partial charge on any atom is 0.230 e. The number of anilines is 1. The van der Waals surface area contributed by atoms with E-state index in [2.05, 4.69) is 10.3 Å². The molecule has 2 rings (SSSR count). The van der Waals surface area contributed by atoms with Gasteiger partial charge in [0, 0.05) is 11.8 Å². The molecular formula is C11H12N2O2. The van der Waals surface area contributed by atoms with E-state index in [1.165, 1.54) is 0 Å². The van der Waals surface area contributed by atoms with Gasteiger partial charge in [-0.1, -0.05) is 0 Å². The molecule has 15 heavy (non-hydrogen) atoms. The number of nitrogens with zero attached hydrogens (tertiary/aromatic N) is 1. The topological polar surface area (TPSA) is 50.7 Å². The van der Waals surface area contributed by atoms with Crippen molar-refractivity contribution in [1.82, 2.24) is 0 Å². The second-order valence-electron chi connectivity index (χ2n) is 3.46. The first kappa shape index (κ1) is 9.71. The lowest BCUT2D eigenvalue weighted by Gasteiger charge is -2.06. The molecule has 0 radical (unpaired) electrons. The van der Waals surface area contributed by atoms with Crippen LogP contribution >= 0.6 is 0 Å². The van der Waals surface area contributed by atoms with Crippen molar-refractivity contribution in [1.29, 1.82) is 0 Å². The van der Waals surface area contributed by atoms with Crippen LogP contribution in [0.2, 0.25) is 0 Å². The SMILES string of the molecule is COc1ccc2c(c1)NC(=O)CC(C)=N2. The molecule has 0 aliphatic carbocycles. The Morgan fingerprint density at radius 1 is 1.47 bits per heavy atom. The van der Waals surface area contributed by atoms with E-state index in [4.69, 9.17) is 4.74 Å². The average molecular weight is 204 g/mol. The molecule has 1 aliphatic rings. The summed E-state index contributed by atoms with van der Waals surface area (Å²) in [6, 6.07) is 5.44. The zero-order valence-corrected chi connectivity index (χ0v) is 8.70. The first-order chi connectivity index (χ1) is 7.19. The molecule has 1 N–H and O–H groups in total. The van der Waals surface area contributed by atoms with Gasteiger partial charge in [0.15, 0.2) is 0 Å². The highest BCUT2D eigenvalue weighted by atomic mass is 16.5. The Hall–Kier alpha value is -1.84. The van der Waals surface area contributed by atoms with E-state index >= 15 is 0 Å². The molecule has 0 bridgehead atoms. The molecule has 0 saturated carbocycles. The van der Waals surface area contributed by atoms with E-state index in [0.717, 1.165) is 11.4 Å².